The van der Waals surface area contributed by atoms with E-state index in [-0.39, 0.29) is 6.04 Å². The Hall–Kier alpha value is -1.82. The van der Waals surface area contributed by atoms with Crippen LogP contribution in [-0.2, 0) is 13.5 Å². The molecule has 2 N–H and O–H groups in total. The average molecular weight is 348 g/mol. The first-order chi connectivity index (χ1) is 10.1. The lowest BCUT2D eigenvalue weighted by atomic mass is 10.1. The van der Waals surface area contributed by atoms with Crippen LogP contribution in [0.2, 0.25) is 0 Å². The molecule has 0 saturated heterocycles. The number of hydrogen-bond acceptors (Lipinski definition) is 4. The number of aryl methyl sites for hydroxylation is 2. The molecule has 2 aromatic rings. The lowest BCUT2D eigenvalue weighted by molar-refractivity contribution is 0.746. The molecule has 6 heteroatoms. The fraction of sp³-hybridized carbons (Fsp3) is 0.333. The molecule has 1 aromatic carbocycles. The summed E-state index contributed by atoms with van der Waals surface area (Å²) in [6, 6.07) is 8.25. The van der Waals surface area contributed by atoms with Crippen LogP contribution in [0.25, 0.3) is 0 Å². The standard InChI is InChI=1S/C15H18BrN5/c1-3-13-12(9-20(2)19-13)14-8-18-15(17)21(14)11-6-4-10(16)5-7-11/h4-7,9,14H,3,8H2,1-2H3,(H2,17,18). The van der Waals surface area contributed by atoms with Gasteiger partial charge in [-0.15, -0.1) is 0 Å². The van der Waals surface area contributed by atoms with Crippen molar-refractivity contribution in [2.75, 3.05) is 11.4 Å². The number of aromatic nitrogens is 2. The minimum Gasteiger partial charge on any atom is -0.369 e. The Kier molecular flexibility index (Phi) is 3.71. The van der Waals surface area contributed by atoms with Crippen molar-refractivity contribution >= 4 is 27.6 Å². The summed E-state index contributed by atoms with van der Waals surface area (Å²) >= 11 is 3.46. The number of anilines is 1. The minimum absolute atomic E-state index is 0.120. The van der Waals surface area contributed by atoms with Gasteiger partial charge in [-0.3, -0.25) is 9.67 Å². The molecular formula is C15H18BrN5. The molecule has 5 nitrogen and oxygen atoms in total. The van der Waals surface area contributed by atoms with Gasteiger partial charge in [0, 0.05) is 29.0 Å². The summed E-state index contributed by atoms with van der Waals surface area (Å²) in [5.41, 5.74) is 9.47. The van der Waals surface area contributed by atoms with Gasteiger partial charge in [0.15, 0.2) is 5.96 Å². The number of nitrogens with zero attached hydrogens (tertiary/aromatic N) is 4. The topological polar surface area (TPSA) is 59.4 Å². The normalized spacial score (nSPS) is 18.1. The van der Waals surface area contributed by atoms with Gasteiger partial charge in [-0.05, 0) is 30.7 Å². The Labute approximate surface area is 132 Å². The summed E-state index contributed by atoms with van der Waals surface area (Å²) in [7, 11) is 1.95. The molecule has 0 amide bonds. The summed E-state index contributed by atoms with van der Waals surface area (Å²) in [6.45, 7) is 2.79. The molecule has 0 saturated carbocycles. The third kappa shape index (κ3) is 2.55. The maximum absolute atomic E-state index is 6.11. The summed E-state index contributed by atoms with van der Waals surface area (Å²) in [6.07, 6.45) is 2.98. The van der Waals surface area contributed by atoms with Gasteiger partial charge in [0.25, 0.3) is 0 Å². The smallest absolute Gasteiger partial charge is 0.196 e. The molecule has 1 aromatic heterocycles. The van der Waals surface area contributed by atoms with Gasteiger partial charge >= 0.3 is 0 Å². The Morgan fingerprint density at radius 3 is 2.71 bits per heavy atom. The van der Waals surface area contributed by atoms with E-state index in [0.717, 1.165) is 22.3 Å². The number of guanidine groups is 1. The molecule has 0 fully saturated rings. The van der Waals surface area contributed by atoms with Crippen LogP contribution in [0.15, 0.2) is 39.9 Å². The molecule has 110 valence electrons. The van der Waals surface area contributed by atoms with Crippen molar-refractivity contribution in [1.82, 2.24) is 9.78 Å². The lowest BCUT2D eigenvalue weighted by Crippen LogP contribution is -2.36. The second-order valence-electron chi connectivity index (χ2n) is 5.12. The van der Waals surface area contributed by atoms with Crippen LogP contribution < -0.4 is 10.6 Å². The van der Waals surface area contributed by atoms with Gasteiger partial charge in [0.2, 0.25) is 0 Å². The minimum atomic E-state index is 0.120. The highest BCUT2D eigenvalue weighted by Crippen LogP contribution is 2.33. The molecule has 3 rings (SSSR count). The molecule has 0 spiro atoms. The fourth-order valence-corrected chi connectivity index (χ4v) is 3.02. The molecular weight excluding hydrogens is 330 g/mol. The summed E-state index contributed by atoms with van der Waals surface area (Å²) < 4.78 is 2.91. The molecule has 1 atom stereocenters. The van der Waals surface area contributed by atoms with Gasteiger partial charge in [-0.2, -0.15) is 5.10 Å². The third-order valence-electron chi connectivity index (χ3n) is 3.72. The Bertz CT molecular complexity index is 674. The summed E-state index contributed by atoms with van der Waals surface area (Å²) in [4.78, 5) is 6.52. The van der Waals surface area contributed by atoms with Crippen molar-refractivity contribution in [3.8, 4) is 0 Å². The number of nitrogens with two attached hydrogens (primary N) is 1. The monoisotopic (exact) mass is 347 g/mol. The van der Waals surface area contributed by atoms with Gasteiger partial charge in [-0.1, -0.05) is 22.9 Å². The van der Waals surface area contributed by atoms with Crippen molar-refractivity contribution < 1.29 is 0 Å². The first-order valence-corrected chi connectivity index (χ1v) is 7.76. The summed E-state index contributed by atoms with van der Waals surface area (Å²) in [5, 5.41) is 4.53. The molecule has 1 aliphatic heterocycles. The average Bonchev–Trinajstić information content (AvgIpc) is 3.02. The van der Waals surface area contributed by atoms with Gasteiger partial charge in [-0.25, -0.2) is 0 Å². The number of halogens is 1. The Morgan fingerprint density at radius 2 is 2.05 bits per heavy atom. The molecule has 0 radical (unpaired) electrons. The maximum atomic E-state index is 6.11. The van der Waals surface area contributed by atoms with Gasteiger partial charge < -0.3 is 10.6 Å². The molecule has 0 aliphatic carbocycles. The van der Waals surface area contributed by atoms with Gasteiger partial charge in [0.05, 0.1) is 18.3 Å². The van der Waals surface area contributed by atoms with Crippen LogP contribution in [0.1, 0.15) is 24.2 Å². The second-order valence-corrected chi connectivity index (χ2v) is 6.04. The molecule has 0 bridgehead atoms. The third-order valence-corrected chi connectivity index (χ3v) is 4.25. The maximum Gasteiger partial charge on any atom is 0.196 e. The van der Waals surface area contributed by atoms with E-state index in [4.69, 9.17) is 5.73 Å². The van der Waals surface area contributed by atoms with Gasteiger partial charge in [0.1, 0.15) is 0 Å². The van der Waals surface area contributed by atoms with Crippen molar-refractivity contribution in [3.63, 3.8) is 0 Å². The fourth-order valence-electron chi connectivity index (χ4n) is 2.75. The van der Waals surface area contributed by atoms with E-state index >= 15 is 0 Å². The molecule has 1 unspecified atom stereocenters. The predicted molar refractivity (Wildman–Crippen MR) is 88.4 cm³/mol. The lowest BCUT2D eigenvalue weighted by Gasteiger charge is -2.26. The SMILES string of the molecule is CCc1nn(C)cc1C1CN=C(N)N1c1ccc(Br)cc1. The van der Waals surface area contributed by atoms with Crippen LogP contribution in [0.4, 0.5) is 5.69 Å². The van der Waals surface area contributed by atoms with E-state index < -0.39 is 0 Å². The Morgan fingerprint density at radius 1 is 1.33 bits per heavy atom. The number of hydrogen-bond donors (Lipinski definition) is 1. The zero-order valence-corrected chi connectivity index (χ0v) is 13.7. The largest absolute Gasteiger partial charge is 0.369 e. The first kappa shape index (κ1) is 14.1. The first-order valence-electron chi connectivity index (χ1n) is 6.97. The van der Waals surface area contributed by atoms with Crippen LogP contribution in [0.5, 0.6) is 0 Å². The zero-order chi connectivity index (χ0) is 15.0. The Balaban J connectivity index is 2.00. The van der Waals surface area contributed by atoms with Crippen molar-refractivity contribution in [2.45, 2.75) is 19.4 Å². The van der Waals surface area contributed by atoms with E-state index in [1.807, 2.05) is 36.0 Å². The van der Waals surface area contributed by atoms with Crippen molar-refractivity contribution in [1.29, 1.82) is 0 Å². The van der Waals surface area contributed by atoms with E-state index in [9.17, 15) is 0 Å². The highest BCUT2D eigenvalue weighted by atomic mass is 79.9. The predicted octanol–water partition coefficient (Wildman–Crippen LogP) is 2.62. The van der Waals surface area contributed by atoms with E-state index in [0.29, 0.717) is 12.5 Å². The number of benzene rings is 1. The van der Waals surface area contributed by atoms with E-state index in [1.54, 1.807) is 0 Å². The van der Waals surface area contributed by atoms with Crippen LogP contribution >= 0.6 is 15.9 Å². The molecule has 1 aliphatic rings. The van der Waals surface area contributed by atoms with Crippen LogP contribution in [-0.4, -0.2) is 22.3 Å². The zero-order valence-electron chi connectivity index (χ0n) is 12.1. The number of rotatable bonds is 3. The van der Waals surface area contributed by atoms with Crippen LogP contribution in [0.3, 0.4) is 0 Å². The van der Waals surface area contributed by atoms with E-state index in [2.05, 4.69) is 44.0 Å². The molecule has 2 heterocycles. The quantitative estimate of drug-likeness (QED) is 0.928. The molecule has 21 heavy (non-hydrogen) atoms. The summed E-state index contributed by atoms with van der Waals surface area (Å²) in [5.74, 6) is 0.563. The van der Waals surface area contributed by atoms with Crippen LogP contribution in [0, 0.1) is 0 Å². The number of aliphatic imine (C=N–C) groups is 1. The van der Waals surface area contributed by atoms with Crippen molar-refractivity contribution in [3.05, 3.63) is 46.2 Å². The van der Waals surface area contributed by atoms with E-state index in [1.165, 1.54) is 5.56 Å². The van der Waals surface area contributed by atoms with Crippen molar-refractivity contribution in [2.24, 2.45) is 17.8 Å². The second kappa shape index (κ2) is 5.52. The highest BCUT2D eigenvalue weighted by Gasteiger charge is 2.31. The highest BCUT2D eigenvalue weighted by molar-refractivity contribution is 9.10.